The molecular formula is C13H21N3O2. The highest BCUT2D eigenvalue weighted by Gasteiger charge is 2.20. The van der Waals surface area contributed by atoms with Gasteiger partial charge in [-0.1, -0.05) is 13.8 Å². The number of nitrogens with two attached hydrogens (primary N) is 1. The Bertz CT molecular complexity index is 386. The van der Waals surface area contributed by atoms with Gasteiger partial charge in [-0.25, -0.2) is 4.79 Å². The number of benzene rings is 1. The van der Waals surface area contributed by atoms with E-state index in [9.17, 15) is 9.90 Å². The molecule has 0 aliphatic rings. The van der Waals surface area contributed by atoms with Crippen molar-refractivity contribution in [3.63, 3.8) is 0 Å². The Morgan fingerprint density at radius 2 is 1.89 bits per heavy atom. The average Bonchev–Trinajstić information content (AvgIpc) is 2.37. The van der Waals surface area contributed by atoms with Crippen molar-refractivity contribution in [2.24, 2.45) is 11.1 Å². The second-order valence-electron chi connectivity index (χ2n) is 4.74. The molecule has 5 nitrogen and oxygen atoms in total. The lowest BCUT2D eigenvalue weighted by Crippen LogP contribution is -2.29. The van der Waals surface area contributed by atoms with Crippen molar-refractivity contribution < 1.29 is 9.90 Å². The van der Waals surface area contributed by atoms with E-state index in [2.05, 4.69) is 17.6 Å². The van der Waals surface area contributed by atoms with Gasteiger partial charge in [0.15, 0.2) is 0 Å². The van der Waals surface area contributed by atoms with Gasteiger partial charge in [-0.3, -0.25) is 0 Å². The molecule has 5 heteroatoms. The molecule has 0 saturated carbocycles. The molecule has 1 unspecified atom stereocenters. The second-order valence-corrected chi connectivity index (χ2v) is 4.74. The van der Waals surface area contributed by atoms with Crippen LogP contribution in [-0.2, 0) is 0 Å². The van der Waals surface area contributed by atoms with Crippen molar-refractivity contribution >= 4 is 17.4 Å². The summed E-state index contributed by atoms with van der Waals surface area (Å²) < 4.78 is 0. The number of primary amides is 1. The number of anilines is 2. The Hall–Kier alpha value is -1.75. The molecule has 18 heavy (non-hydrogen) atoms. The van der Waals surface area contributed by atoms with Crippen molar-refractivity contribution in [2.45, 2.75) is 20.3 Å². The first-order chi connectivity index (χ1) is 8.49. The van der Waals surface area contributed by atoms with E-state index in [-0.39, 0.29) is 12.0 Å². The lowest BCUT2D eigenvalue weighted by Gasteiger charge is -2.26. The van der Waals surface area contributed by atoms with E-state index in [1.807, 2.05) is 19.1 Å². The minimum absolute atomic E-state index is 0.121. The SMILES string of the molecule is CCC(C)(CO)CNc1ccc(NC(N)=O)cc1. The van der Waals surface area contributed by atoms with Gasteiger partial charge in [-0.2, -0.15) is 0 Å². The molecule has 1 aromatic carbocycles. The van der Waals surface area contributed by atoms with E-state index in [0.717, 1.165) is 12.1 Å². The van der Waals surface area contributed by atoms with Gasteiger partial charge in [0, 0.05) is 23.3 Å². The van der Waals surface area contributed by atoms with Crippen molar-refractivity contribution in [3.05, 3.63) is 24.3 Å². The Kier molecular flexibility index (Phi) is 4.97. The summed E-state index contributed by atoms with van der Waals surface area (Å²) in [4.78, 5) is 10.7. The van der Waals surface area contributed by atoms with E-state index in [1.54, 1.807) is 12.1 Å². The van der Waals surface area contributed by atoms with Crippen LogP contribution >= 0.6 is 0 Å². The maximum atomic E-state index is 10.7. The van der Waals surface area contributed by atoms with Gasteiger partial charge in [0.2, 0.25) is 0 Å². The van der Waals surface area contributed by atoms with Crippen LogP contribution in [0.4, 0.5) is 16.2 Å². The van der Waals surface area contributed by atoms with Crippen LogP contribution < -0.4 is 16.4 Å². The zero-order chi connectivity index (χ0) is 13.6. The predicted octanol–water partition coefficient (Wildman–Crippen LogP) is 2.00. The van der Waals surface area contributed by atoms with Crippen LogP contribution in [0, 0.1) is 5.41 Å². The van der Waals surface area contributed by atoms with Crippen LogP contribution in [0.25, 0.3) is 0 Å². The fourth-order valence-electron chi connectivity index (χ4n) is 1.42. The molecule has 0 radical (unpaired) electrons. The smallest absolute Gasteiger partial charge is 0.316 e. The summed E-state index contributed by atoms with van der Waals surface area (Å²) in [6.45, 7) is 4.93. The summed E-state index contributed by atoms with van der Waals surface area (Å²) in [5.41, 5.74) is 6.50. The second kappa shape index (κ2) is 6.26. The Morgan fingerprint density at radius 1 is 1.33 bits per heavy atom. The first-order valence-electron chi connectivity index (χ1n) is 6.00. The fourth-order valence-corrected chi connectivity index (χ4v) is 1.42. The van der Waals surface area contributed by atoms with E-state index in [4.69, 9.17) is 5.73 Å². The van der Waals surface area contributed by atoms with Gasteiger partial charge >= 0.3 is 6.03 Å². The number of aliphatic hydroxyl groups is 1. The topological polar surface area (TPSA) is 87.4 Å². The standard InChI is InChI=1S/C13H21N3O2/c1-3-13(2,9-17)8-15-10-4-6-11(7-5-10)16-12(14)18/h4-7,15,17H,3,8-9H2,1-2H3,(H3,14,16,18). The highest BCUT2D eigenvalue weighted by molar-refractivity contribution is 5.87. The molecule has 1 rings (SSSR count). The highest BCUT2D eigenvalue weighted by Crippen LogP contribution is 2.21. The number of carbonyl (C=O) groups excluding carboxylic acids is 1. The van der Waals surface area contributed by atoms with E-state index in [1.165, 1.54) is 0 Å². The summed E-state index contributed by atoms with van der Waals surface area (Å²) in [7, 11) is 0. The molecule has 0 fully saturated rings. The molecule has 0 bridgehead atoms. The third-order valence-electron chi connectivity index (χ3n) is 3.11. The minimum Gasteiger partial charge on any atom is -0.396 e. The monoisotopic (exact) mass is 251 g/mol. The number of hydrogen-bond acceptors (Lipinski definition) is 3. The maximum absolute atomic E-state index is 10.7. The first kappa shape index (κ1) is 14.3. The van der Waals surface area contributed by atoms with Crippen molar-refractivity contribution in [3.8, 4) is 0 Å². The van der Waals surface area contributed by atoms with Crippen LogP contribution in [0.5, 0.6) is 0 Å². The minimum atomic E-state index is -0.574. The van der Waals surface area contributed by atoms with Gasteiger partial charge < -0.3 is 21.5 Å². The van der Waals surface area contributed by atoms with Gasteiger partial charge in [-0.15, -0.1) is 0 Å². The van der Waals surface area contributed by atoms with Crippen LogP contribution in [0.15, 0.2) is 24.3 Å². The van der Waals surface area contributed by atoms with E-state index < -0.39 is 6.03 Å². The predicted molar refractivity (Wildman–Crippen MR) is 73.6 cm³/mol. The molecule has 1 aromatic rings. The molecular weight excluding hydrogens is 230 g/mol. The van der Waals surface area contributed by atoms with Crippen LogP contribution in [-0.4, -0.2) is 24.3 Å². The van der Waals surface area contributed by atoms with Crippen LogP contribution in [0.2, 0.25) is 0 Å². The zero-order valence-electron chi connectivity index (χ0n) is 10.9. The van der Waals surface area contributed by atoms with Crippen LogP contribution in [0.3, 0.4) is 0 Å². The summed E-state index contributed by atoms with van der Waals surface area (Å²) in [6.07, 6.45) is 0.901. The van der Waals surface area contributed by atoms with Crippen molar-refractivity contribution in [2.75, 3.05) is 23.8 Å². The number of amides is 2. The molecule has 2 amide bonds. The van der Waals surface area contributed by atoms with Gasteiger partial charge in [0.1, 0.15) is 0 Å². The summed E-state index contributed by atoms with van der Waals surface area (Å²) in [5, 5.41) is 15.1. The lowest BCUT2D eigenvalue weighted by molar-refractivity contribution is 0.149. The van der Waals surface area contributed by atoms with Gasteiger partial charge in [0.25, 0.3) is 0 Å². The fraction of sp³-hybridized carbons (Fsp3) is 0.462. The molecule has 100 valence electrons. The Balaban J connectivity index is 2.56. The van der Waals surface area contributed by atoms with Crippen LogP contribution in [0.1, 0.15) is 20.3 Å². The molecule has 0 aromatic heterocycles. The quantitative estimate of drug-likeness (QED) is 0.623. The molecule has 1 atom stereocenters. The maximum Gasteiger partial charge on any atom is 0.316 e. The van der Waals surface area contributed by atoms with E-state index in [0.29, 0.717) is 12.2 Å². The molecule has 5 N–H and O–H groups in total. The number of nitrogens with one attached hydrogen (secondary N) is 2. The normalized spacial score (nSPS) is 13.7. The lowest BCUT2D eigenvalue weighted by atomic mass is 9.88. The number of rotatable bonds is 6. The molecule has 0 spiro atoms. The highest BCUT2D eigenvalue weighted by atomic mass is 16.3. The Labute approximate surface area is 107 Å². The molecule has 0 heterocycles. The van der Waals surface area contributed by atoms with Gasteiger partial charge in [0.05, 0.1) is 6.61 Å². The first-order valence-corrected chi connectivity index (χ1v) is 6.00. The number of urea groups is 1. The number of hydrogen-bond donors (Lipinski definition) is 4. The average molecular weight is 251 g/mol. The third kappa shape index (κ3) is 4.25. The van der Waals surface area contributed by atoms with E-state index >= 15 is 0 Å². The summed E-state index contributed by atoms with van der Waals surface area (Å²) >= 11 is 0. The molecule has 0 aliphatic carbocycles. The third-order valence-corrected chi connectivity index (χ3v) is 3.11. The zero-order valence-corrected chi connectivity index (χ0v) is 10.9. The molecule has 0 aliphatic heterocycles. The van der Waals surface area contributed by atoms with Crippen molar-refractivity contribution in [1.29, 1.82) is 0 Å². The van der Waals surface area contributed by atoms with Crippen molar-refractivity contribution in [1.82, 2.24) is 0 Å². The number of aliphatic hydroxyl groups excluding tert-OH is 1. The summed E-state index contributed by atoms with van der Waals surface area (Å²) in [5.74, 6) is 0. The summed E-state index contributed by atoms with van der Waals surface area (Å²) in [6, 6.07) is 6.69. The largest absolute Gasteiger partial charge is 0.396 e. The number of carbonyl (C=O) groups is 1. The van der Waals surface area contributed by atoms with Gasteiger partial charge in [-0.05, 0) is 30.7 Å². The molecule has 0 saturated heterocycles. The Morgan fingerprint density at radius 3 is 2.33 bits per heavy atom.